The van der Waals surface area contributed by atoms with Crippen molar-refractivity contribution in [3.05, 3.63) is 44.2 Å². The predicted octanol–water partition coefficient (Wildman–Crippen LogP) is 5.10. The molecule has 150 valence electrons. The van der Waals surface area contributed by atoms with Gasteiger partial charge in [-0.2, -0.15) is 0 Å². The Morgan fingerprint density at radius 3 is 2.64 bits per heavy atom. The molecule has 1 aromatic carbocycles. The summed E-state index contributed by atoms with van der Waals surface area (Å²) in [6.45, 7) is 6.27. The maximum atomic E-state index is 12.4. The highest BCUT2D eigenvalue weighted by Gasteiger charge is 2.28. The van der Waals surface area contributed by atoms with E-state index in [-0.39, 0.29) is 17.9 Å². The number of carbonyl (C=O) groups is 2. The number of aryl methyl sites for hydroxylation is 1. The predicted molar refractivity (Wildman–Crippen MR) is 115 cm³/mol. The second-order valence-corrected chi connectivity index (χ2v) is 9.74. The molecule has 1 N–H and O–H groups in total. The van der Waals surface area contributed by atoms with Gasteiger partial charge in [0.05, 0.1) is 17.1 Å². The average Bonchev–Trinajstić information content (AvgIpc) is 3.19. The van der Waals surface area contributed by atoms with Gasteiger partial charge in [-0.05, 0) is 63.9 Å². The summed E-state index contributed by atoms with van der Waals surface area (Å²) >= 11 is 4.96. The topological polar surface area (TPSA) is 64.6 Å². The molecule has 0 saturated carbocycles. The van der Waals surface area contributed by atoms with E-state index in [1.807, 2.05) is 18.2 Å². The summed E-state index contributed by atoms with van der Waals surface area (Å²) in [7, 11) is 1.36. The van der Waals surface area contributed by atoms with Gasteiger partial charge in [0.2, 0.25) is 0 Å². The van der Waals surface area contributed by atoms with E-state index in [1.165, 1.54) is 24.0 Å². The summed E-state index contributed by atoms with van der Waals surface area (Å²) in [5.41, 5.74) is 2.70. The number of carbonyl (C=O) groups excluding carboxylic acids is 2. The Bertz CT molecular complexity index is 914. The molecule has 2 aromatic rings. The summed E-state index contributed by atoms with van der Waals surface area (Å²) in [5, 5.41) is 3.37. The van der Waals surface area contributed by atoms with Gasteiger partial charge in [0.15, 0.2) is 6.61 Å². The normalized spacial score (nSPS) is 13.2. The van der Waals surface area contributed by atoms with E-state index in [0.717, 1.165) is 34.2 Å². The lowest BCUT2D eigenvalue weighted by Gasteiger charge is -2.20. The molecule has 7 heteroatoms. The van der Waals surface area contributed by atoms with Crippen LogP contribution in [-0.2, 0) is 27.8 Å². The number of anilines is 1. The van der Waals surface area contributed by atoms with Crippen LogP contribution in [0.4, 0.5) is 5.00 Å². The maximum Gasteiger partial charge on any atom is 0.341 e. The highest BCUT2D eigenvalue weighted by molar-refractivity contribution is 9.10. The third-order valence-corrected chi connectivity index (χ3v) is 6.55. The zero-order valence-corrected chi connectivity index (χ0v) is 18.9. The highest BCUT2D eigenvalue weighted by atomic mass is 79.9. The van der Waals surface area contributed by atoms with E-state index in [4.69, 9.17) is 9.47 Å². The smallest absolute Gasteiger partial charge is 0.341 e. The van der Waals surface area contributed by atoms with E-state index in [2.05, 4.69) is 42.0 Å². The summed E-state index contributed by atoms with van der Waals surface area (Å²) in [5.74, 6) is -0.113. The van der Waals surface area contributed by atoms with Crippen molar-refractivity contribution in [2.45, 2.75) is 45.4 Å². The van der Waals surface area contributed by atoms with Gasteiger partial charge in [-0.15, -0.1) is 11.3 Å². The molecule has 1 heterocycles. The molecule has 0 radical (unpaired) electrons. The number of benzene rings is 1. The van der Waals surface area contributed by atoms with Crippen molar-refractivity contribution in [3.8, 4) is 5.75 Å². The molecule has 1 amide bonds. The fourth-order valence-corrected chi connectivity index (χ4v) is 4.99. The van der Waals surface area contributed by atoms with Crippen LogP contribution in [0.3, 0.4) is 0 Å². The van der Waals surface area contributed by atoms with Crippen LogP contribution in [0.25, 0.3) is 0 Å². The first-order chi connectivity index (χ1) is 13.2. The number of rotatable bonds is 5. The van der Waals surface area contributed by atoms with Crippen LogP contribution in [0.5, 0.6) is 5.75 Å². The fourth-order valence-electron chi connectivity index (χ4n) is 3.20. The minimum atomic E-state index is -0.406. The van der Waals surface area contributed by atoms with E-state index in [9.17, 15) is 9.59 Å². The average molecular weight is 466 g/mol. The second kappa shape index (κ2) is 8.25. The van der Waals surface area contributed by atoms with Crippen LogP contribution in [0.15, 0.2) is 22.7 Å². The number of amides is 1. The van der Waals surface area contributed by atoms with Crippen molar-refractivity contribution in [1.29, 1.82) is 0 Å². The molecule has 0 aliphatic heterocycles. The minimum absolute atomic E-state index is 0.0300. The molecular formula is C21H24BrNO4S. The van der Waals surface area contributed by atoms with Crippen LogP contribution in [0.2, 0.25) is 0 Å². The van der Waals surface area contributed by atoms with Crippen molar-refractivity contribution in [2.75, 3.05) is 19.0 Å². The summed E-state index contributed by atoms with van der Waals surface area (Å²) in [6, 6.07) is 5.86. The Hall–Kier alpha value is -1.86. The lowest BCUT2D eigenvalue weighted by Crippen LogP contribution is -2.21. The fraction of sp³-hybridized carbons (Fsp3) is 0.429. The lowest BCUT2D eigenvalue weighted by atomic mass is 9.87. The van der Waals surface area contributed by atoms with E-state index in [0.29, 0.717) is 16.3 Å². The maximum absolute atomic E-state index is 12.4. The van der Waals surface area contributed by atoms with Crippen LogP contribution in [-0.4, -0.2) is 25.6 Å². The number of methoxy groups -OCH3 is 1. The molecular weight excluding hydrogens is 442 g/mol. The van der Waals surface area contributed by atoms with Gasteiger partial charge >= 0.3 is 5.97 Å². The van der Waals surface area contributed by atoms with Gasteiger partial charge in [0.1, 0.15) is 10.8 Å². The number of ether oxygens (including phenoxy) is 2. The van der Waals surface area contributed by atoms with E-state index < -0.39 is 5.97 Å². The molecule has 5 nitrogen and oxygen atoms in total. The van der Waals surface area contributed by atoms with Crippen molar-refractivity contribution >= 4 is 44.1 Å². The lowest BCUT2D eigenvalue weighted by molar-refractivity contribution is -0.118. The van der Waals surface area contributed by atoms with Gasteiger partial charge in [-0.25, -0.2) is 4.79 Å². The van der Waals surface area contributed by atoms with Crippen LogP contribution in [0, 0.1) is 0 Å². The Balaban J connectivity index is 1.68. The molecule has 0 fully saturated rings. The summed E-state index contributed by atoms with van der Waals surface area (Å²) in [6.07, 6.45) is 2.81. The van der Waals surface area contributed by atoms with Crippen LogP contribution < -0.4 is 10.1 Å². The van der Waals surface area contributed by atoms with Gasteiger partial charge in [0.25, 0.3) is 5.91 Å². The number of esters is 1. The largest absolute Gasteiger partial charge is 0.483 e. The number of nitrogens with one attached hydrogen (secondary N) is 1. The van der Waals surface area contributed by atoms with E-state index >= 15 is 0 Å². The van der Waals surface area contributed by atoms with Crippen LogP contribution >= 0.6 is 27.3 Å². The van der Waals surface area contributed by atoms with Crippen molar-refractivity contribution < 1.29 is 19.1 Å². The van der Waals surface area contributed by atoms with Crippen molar-refractivity contribution in [1.82, 2.24) is 0 Å². The highest BCUT2D eigenvalue weighted by Crippen LogP contribution is 2.39. The van der Waals surface area contributed by atoms with Gasteiger partial charge in [-0.3, -0.25) is 4.79 Å². The first kappa shape index (κ1) is 20.9. The molecule has 0 bridgehead atoms. The van der Waals surface area contributed by atoms with Gasteiger partial charge in [-0.1, -0.05) is 26.8 Å². The molecule has 0 atom stereocenters. The van der Waals surface area contributed by atoms with Crippen molar-refractivity contribution in [3.63, 3.8) is 0 Å². The van der Waals surface area contributed by atoms with Gasteiger partial charge < -0.3 is 14.8 Å². The summed E-state index contributed by atoms with van der Waals surface area (Å²) < 4.78 is 11.4. The number of thiophene rings is 1. The quantitative estimate of drug-likeness (QED) is 0.623. The molecule has 0 spiro atoms. The molecule has 1 aliphatic carbocycles. The third kappa shape index (κ3) is 4.41. The Kier molecular flexibility index (Phi) is 6.15. The van der Waals surface area contributed by atoms with Gasteiger partial charge in [0, 0.05) is 4.88 Å². The second-order valence-electron chi connectivity index (χ2n) is 7.79. The molecule has 3 rings (SSSR count). The monoisotopic (exact) mass is 465 g/mol. The minimum Gasteiger partial charge on any atom is -0.483 e. The zero-order chi connectivity index (χ0) is 20.5. The number of fused-ring (bicyclic) bond motifs is 1. The Labute approximate surface area is 177 Å². The van der Waals surface area contributed by atoms with Crippen LogP contribution in [0.1, 0.15) is 53.6 Å². The number of hydrogen-bond acceptors (Lipinski definition) is 5. The van der Waals surface area contributed by atoms with E-state index in [1.54, 1.807) is 0 Å². The molecule has 0 unspecified atom stereocenters. The molecule has 28 heavy (non-hydrogen) atoms. The third-order valence-electron chi connectivity index (χ3n) is 4.72. The Morgan fingerprint density at radius 2 is 2.00 bits per heavy atom. The zero-order valence-electron chi connectivity index (χ0n) is 16.5. The first-order valence-electron chi connectivity index (χ1n) is 9.16. The molecule has 1 aliphatic rings. The molecule has 0 saturated heterocycles. The molecule has 1 aromatic heterocycles. The first-order valence-corrected chi connectivity index (χ1v) is 10.8. The Morgan fingerprint density at radius 1 is 1.25 bits per heavy atom. The summed E-state index contributed by atoms with van der Waals surface area (Å²) in [4.78, 5) is 25.7. The number of hydrogen-bond donors (Lipinski definition) is 1. The van der Waals surface area contributed by atoms with Crippen molar-refractivity contribution in [2.24, 2.45) is 0 Å². The SMILES string of the molecule is COC(=O)c1c(NC(=O)COc2ccc(C(C)(C)C)cc2Br)sc2c1CCC2. The number of halogens is 1. The standard InChI is InChI=1S/C21H24BrNO4S/c1-21(2,3)12-8-9-15(14(22)10-12)27-11-17(24)23-19-18(20(25)26-4)13-6-5-7-16(13)28-19/h8-10H,5-7,11H2,1-4H3,(H,23,24).